The summed E-state index contributed by atoms with van der Waals surface area (Å²) in [5.74, 6) is 0.0761. The van der Waals surface area contributed by atoms with E-state index in [0.29, 0.717) is 16.3 Å². The third kappa shape index (κ3) is 4.00. The largest absolute Gasteiger partial charge is 0.449 e. The highest BCUT2D eigenvalue weighted by atomic mass is 32.2. The molecule has 25 heavy (non-hydrogen) atoms. The molecule has 0 aliphatic carbocycles. The average Bonchev–Trinajstić information content (AvgIpc) is 3.13. The van der Waals surface area contributed by atoms with Crippen LogP contribution in [0.1, 0.15) is 29.3 Å². The molecule has 1 aromatic heterocycles. The Hall–Kier alpha value is -2.80. The molecule has 0 fully saturated rings. The van der Waals surface area contributed by atoms with Gasteiger partial charge in [-0.2, -0.15) is 0 Å². The van der Waals surface area contributed by atoms with Crippen LogP contribution < -0.4 is 0 Å². The Balaban J connectivity index is 1.69. The van der Waals surface area contributed by atoms with Gasteiger partial charge in [0.1, 0.15) is 0 Å². The number of rotatable bonds is 5. The predicted molar refractivity (Wildman–Crippen MR) is 92.3 cm³/mol. The fourth-order valence-corrected chi connectivity index (χ4v) is 2.68. The van der Waals surface area contributed by atoms with Crippen LogP contribution in [0.4, 0.5) is 0 Å². The zero-order valence-electron chi connectivity index (χ0n) is 13.7. The van der Waals surface area contributed by atoms with Crippen LogP contribution in [0, 0.1) is 0 Å². The molecule has 0 saturated heterocycles. The highest BCUT2D eigenvalue weighted by Crippen LogP contribution is 2.23. The predicted octanol–water partition coefficient (Wildman–Crippen LogP) is 3.39. The summed E-state index contributed by atoms with van der Waals surface area (Å²) in [6, 6.07) is 15.8. The van der Waals surface area contributed by atoms with E-state index in [1.54, 1.807) is 37.4 Å². The van der Waals surface area contributed by atoms with E-state index in [1.165, 1.54) is 0 Å². The first-order valence-electron chi connectivity index (χ1n) is 7.58. The Morgan fingerprint density at radius 3 is 2.40 bits per heavy atom. The molecule has 0 N–H and O–H groups in total. The van der Waals surface area contributed by atoms with E-state index in [4.69, 9.17) is 9.15 Å². The molecule has 0 saturated carbocycles. The minimum absolute atomic E-state index is 0.221. The van der Waals surface area contributed by atoms with Gasteiger partial charge in [-0.25, -0.2) is 4.79 Å². The number of carbonyl (C=O) groups is 1. The Bertz CT molecular complexity index is 891. The van der Waals surface area contributed by atoms with Crippen molar-refractivity contribution >= 4 is 16.8 Å². The van der Waals surface area contributed by atoms with E-state index in [1.807, 2.05) is 30.3 Å². The van der Waals surface area contributed by atoms with Gasteiger partial charge in [0.15, 0.2) is 6.10 Å². The van der Waals surface area contributed by atoms with Crippen molar-refractivity contribution in [2.45, 2.75) is 17.9 Å². The van der Waals surface area contributed by atoms with Crippen LogP contribution in [-0.4, -0.2) is 26.6 Å². The highest BCUT2D eigenvalue weighted by molar-refractivity contribution is 7.84. The molecule has 3 rings (SSSR count). The normalized spacial score (nSPS) is 13.2. The van der Waals surface area contributed by atoms with Crippen LogP contribution in [0.2, 0.25) is 0 Å². The number of hydrogen-bond donors (Lipinski definition) is 0. The van der Waals surface area contributed by atoms with Crippen LogP contribution in [-0.2, 0) is 15.5 Å². The standard InChI is InChI=1S/C18H16N2O4S/c1-12(16-19-20-17(24-16)13-6-4-3-5-7-13)23-18(21)14-8-10-15(11-9-14)25(2)22/h3-12H,1-2H3. The molecule has 0 aliphatic rings. The van der Waals surface area contributed by atoms with Gasteiger partial charge in [-0.3, -0.25) is 4.21 Å². The molecule has 6 nitrogen and oxygen atoms in total. The summed E-state index contributed by atoms with van der Waals surface area (Å²) in [5.41, 5.74) is 1.16. The topological polar surface area (TPSA) is 82.3 Å². The average molecular weight is 356 g/mol. The first kappa shape index (κ1) is 17.0. The molecule has 2 aromatic carbocycles. The number of aromatic nitrogens is 2. The van der Waals surface area contributed by atoms with E-state index < -0.39 is 22.9 Å². The summed E-state index contributed by atoms with van der Waals surface area (Å²) in [4.78, 5) is 12.8. The lowest BCUT2D eigenvalue weighted by Crippen LogP contribution is -2.09. The van der Waals surface area contributed by atoms with Gasteiger partial charge in [0.05, 0.1) is 5.56 Å². The Kier molecular flexibility index (Phi) is 5.04. The van der Waals surface area contributed by atoms with E-state index in [0.717, 1.165) is 5.56 Å². The first-order chi connectivity index (χ1) is 12.0. The van der Waals surface area contributed by atoms with Crippen LogP contribution in [0.3, 0.4) is 0 Å². The maximum absolute atomic E-state index is 12.2. The molecule has 7 heteroatoms. The van der Waals surface area contributed by atoms with Gasteiger partial charge in [-0.15, -0.1) is 10.2 Å². The molecule has 128 valence electrons. The molecule has 3 aromatic rings. The summed E-state index contributed by atoms with van der Waals surface area (Å²) in [6.07, 6.45) is 0.896. The third-order valence-electron chi connectivity index (χ3n) is 3.51. The lowest BCUT2D eigenvalue weighted by Gasteiger charge is -2.09. The summed E-state index contributed by atoms with van der Waals surface area (Å²) in [7, 11) is -1.09. The second-order valence-corrected chi connectivity index (χ2v) is 6.72. The molecule has 0 radical (unpaired) electrons. The Morgan fingerprint density at radius 1 is 1.08 bits per heavy atom. The monoisotopic (exact) mass is 356 g/mol. The maximum atomic E-state index is 12.2. The maximum Gasteiger partial charge on any atom is 0.338 e. The van der Waals surface area contributed by atoms with E-state index in [-0.39, 0.29) is 5.89 Å². The van der Waals surface area contributed by atoms with Crippen molar-refractivity contribution in [3.05, 3.63) is 66.1 Å². The van der Waals surface area contributed by atoms with Crippen molar-refractivity contribution < 1.29 is 18.2 Å². The van der Waals surface area contributed by atoms with Gasteiger partial charge in [0.25, 0.3) is 5.89 Å². The van der Waals surface area contributed by atoms with Crippen LogP contribution in [0.5, 0.6) is 0 Å². The van der Waals surface area contributed by atoms with E-state index in [9.17, 15) is 9.00 Å². The van der Waals surface area contributed by atoms with Crippen molar-refractivity contribution in [2.75, 3.05) is 6.26 Å². The van der Waals surface area contributed by atoms with Gasteiger partial charge < -0.3 is 9.15 Å². The Labute approximate surface area is 147 Å². The summed E-state index contributed by atoms with van der Waals surface area (Å²) in [6.45, 7) is 1.66. The van der Waals surface area contributed by atoms with Gasteiger partial charge in [-0.1, -0.05) is 18.2 Å². The van der Waals surface area contributed by atoms with Crippen molar-refractivity contribution in [1.29, 1.82) is 0 Å². The van der Waals surface area contributed by atoms with Gasteiger partial charge >= 0.3 is 5.97 Å². The first-order valence-corrected chi connectivity index (χ1v) is 9.13. The number of benzene rings is 2. The Morgan fingerprint density at radius 2 is 1.76 bits per heavy atom. The number of ether oxygens (including phenoxy) is 1. The number of nitrogens with zero attached hydrogens (tertiary/aromatic N) is 2. The zero-order valence-corrected chi connectivity index (χ0v) is 14.5. The van der Waals surface area contributed by atoms with Gasteiger partial charge in [0, 0.05) is 27.5 Å². The lowest BCUT2D eigenvalue weighted by molar-refractivity contribution is 0.0280. The zero-order chi connectivity index (χ0) is 17.8. The molecule has 0 bridgehead atoms. The summed E-state index contributed by atoms with van der Waals surface area (Å²) >= 11 is 0. The molecule has 0 amide bonds. The van der Waals surface area contributed by atoms with E-state index >= 15 is 0 Å². The summed E-state index contributed by atoms with van der Waals surface area (Å²) < 4.78 is 22.3. The molecule has 0 aliphatic heterocycles. The second-order valence-electron chi connectivity index (χ2n) is 5.34. The third-order valence-corrected chi connectivity index (χ3v) is 4.45. The minimum atomic E-state index is -1.09. The van der Waals surface area contributed by atoms with Gasteiger partial charge in [0.2, 0.25) is 5.89 Å². The quantitative estimate of drug-likeness (QED) is 0.652. The fraction of sp³-hybridized carbons (Fsp3) is 0.167. The molecule has 1 heterocycles. The molecule has 2 atom stereocenters. The lowest BCUT2D eigenvalue weighted by atomic mass is 10.2. The number of hydrogen-bond acceptors (Lipinski definition) is 6. The number of carbonyl (C=O) groups excluding carboxylic acids is 1. The summed E-state index contributed by atoms with van der Waals surface area (Å²) in [5, 5.41) is 7.92. The van der Waals surface area contributed by atoms with Crippen molar-refractivity contribution in [3.8, 4) is 11.5 Å². The van der Waals surface area contributed by atoms with Crippen molar-refractivity contribution in [1.82, 2.24) is 10.2 Å². The smallest absolute Gasteiger partial charge is 0.338 e. The highest BCUT2D eigenvalue weighted by Gasteiger charge is 2.20. The SMILES string of the molecule is CC(OC(=O)c1ccc(S(C)=O)cc1)c1nnc(-c2ccccc2)o1. The second kappa shape index (κ2) is 7.40. The van der Waals surface area contributed by atoms with Crippen molar-refractivity contribution in [2.24, 2.45) is 0 Å². The minimum Gasteiger partial charge on any atom is -0.449 e. The fourth-order valence-electron chi connectivity index (χ4n) is 2.16. The molecule has 2 unspecified atom stereocenters. The van der Waals surface area contributed by atoms with Crippen LogP contribution >= 0.6 is 0 Å². The molecular weight excluding hydrogens is 340 g/mol. The molecular formula is C18H16N2O4S. The van der Waals surface area contributed by atoms with Crippen LogP contribution in [0.25, 0.3) is 11.5 Å². The molecule has 0 spiro atoms. The van der Waals surface area contributed by atoms with Crippen LogP contribution in [0.15, 0.2) is 63.9 Å². The van der Waals surface area contributed by atoms with E-state index in [2.05, 4.69) is 10.2 Å². The van der Waals surface area contributed by atoms with Crippen molar-refractivity contribution in [3.63, 3.8) is 0 Å². The number of esters is 1. The van der Waals surface area contributed by atoms with Gasteiger partial charge in [-0.05, 0) is 43.3 Å².